The van der Waals surface area contributed by atoms with Crippen LogP contribution in [0.15, 0.2) is 60.8 Å². The van der Waals surface area contributed by atoms with Crippen LogP contribution in [0.3, 0.4) is 0 Å². The smallest absolute Gasteiger partial charge is 0.267 e. The lowest BCUT2D eigenvalue weighted by molar-refractivity contribution is -0.120. The third-order valence-electron chi connectivity index (χ3n) is 4.67. The third-order valence-corrected chi connectivity index (χ3v) is 6.24. The molecule has 1 amide bonds. The highest BCUT2D eigenvalue weighted by atomic mass is 35.5. The Morgan fingerprint density at radius 3 is 2.74 bits per heavy atom. The summed E-state index contributed by atoms with van der Waals surface area (Å²) in [4.78, 5) is 23.8. The number of anilines is 1. The minimum atomic E-state index is -0.244. The molecule has 0 radical (unpaired) electrons. The lowest BCUT2D eigenvalue weighted by Crippen LogP contribution is -2.34. The Kier molecular flexibility index (Phi) is 6.70. The van der Waals surface area contributed by atoms with Crippen LogP contribution in [0.4, 0.5) is 5.13 Å². The van der Waals surface area contributed by atoms with Crippen molar-refractivity contribution in [2.45, 2.75) is 19.9 Å². The van der Waals surface area contributed by atoms with Crippen LogP contribution >= 0.6 is 34.5 Å². The maximum Gasteiger partial charge on any atom is 0.267 e. The molecule has 0 atom stereocenters. The lowest BCUT2D eigenvalue weighted by Gasteiger charge is -2.20. The van der Waals surface area contributed by atoms with E-state index in [1.54, 1.807) is 29.3 Å². The second kappa shape index (κ2) is 9.64. The number of halogens is 2. The molecule has 0 aliphatic carbocycles. The summed E-state index contributed by atoms with van der Waals surface area (Å²) >= 11 is 13.6. The first-order valence-electron chi connectivity index (χ1n) is 9.71. The van der Waals surface area contributed by atoms with Gasteiger partial charge in [0.15, 0.2) is 11.7 Å². The number of nitrogens with zero attached hydrogens (tertiary/aromatic N) is 3. The quantitative estimate of drug-likeness (QED) is 0.323. The summed E-state index contributed by atoms with van der Waals surface area (Å²) in [6.07, 6.45) is 2.64. The molecule has 31 heavy (non-hydrogen) atoms. The van der Waals surface area contributed by atoms with Gasteiger partial charge in [0.1, 0.15) is 5.75 Å². The summed E-state index contributed by atoms with van der Waals surface area (Å²) in [6, 6.07) is 16.6. The van der Waals surface area contributed by atoms with E-state index in [1.165, 1.54) is 16.9 Å². The standard InChI is InChI=1S/C23H19Cl2N3O2S/c1-2-15-6-8-19-21(11-15)31-23(27-19)28(13-17-5-3-4-10-26-17)22(29)14-30-20-9-7-16(24)12-18(20)25/h3-12H,2,13-14H2,1H3. The number of benzene rings is 2. The van der Waals surface area contributed by atoms with E-state index in [0.717, 1.165) is 22.3 Å². The highest BCUT2D eigenvalue weighted by Crippen LogP contribution is 2.31. The largest absolute Gasteiger partial charge is 0.482 e. The van der Waals surface area contributed by atoms with E-state index in [0.29, 0.717) is 20.9 Å². The second-order valence-electron chi connectivity index (χ2n) is 6.82. The molecule has 0 N–H and O–H groups in total. The molecule has 0 saturated carbocycles. The fourth-order valence-electron chi connectivity index (χ4n) is 3.02. The van der Waals surface area contributed by atoms with Crippen molar-refractivity contribution in [3.8, 4) is 5.75 Å². The van der Waals surface area contributed by atoms with Gasteiger partial charge in [0.25, 0.3) is 5.91 Å². The van der Waals surface area contributed by atoms with Crippen molar-refractivity contribution in [1.29, 1.82) is 0 Å². The summed E-state index contributed by atoms with van der Waals surface area (Å²) in [5.74, 6) is 0.153. The summed E-state index contributed by atoms with van der Waals surface area (Å²) in [6.45, 7) is 2.21. The Labute approximate surface area is 194 Å². The number of fused-ring (bicyclic) bond motifs is 1. The van der Waals surface area contributed by atoms with Crippen molar-refractivity contribution in [2.24, 2.45) is 0 Å². The monoisotopic (exact) mass is 471 g/mol. The zero-order valence-electron chi connectivity index (χ0n) is 16.7. The number of aryl methyl sites for hydroxylation is 1. The van der Waals surface area contributed by atoms with Crippen LogP contribution in [0, 0.1) is 0 Å². The number of carbonyl (C=O) groups is 1. The average Bonchev–Trinajstić information content (AvgIpc) is 3.20. The van der Waals surface area contributed by atoms with Crippen LogP contribution in [-0.4, -0.2) is 22.5 Å². The number of amides is 1. The zero-order valence-corrected chi connectivity index (χ0v) is 19.0. The number of thiazole rings is 1. The van der Waals surface area contributed by atoms with Gasteiger partial charge in [-0.15, -0.1) is 0 Å². The topological polar surface area (TPSA) is 55.3 Å². The van der Waals surface area contributed by atoms with Gasteiger partial charge in [0, 0.05) is 11.2 Å². The molecule has 0 fully saturated rings. The van der Waals surface area contributed by atoms with E-state index in [2.05, 4.69) is 29.0 Å². The molecule has 0 aliphatic rings. The van der Waals surface area contributed by atoms with Gasteiger partial charge < -0.3 is 4.74 Å². The first-order valence-corrected chi connectivity index (χ1v) is 11.3. The molecule has 0 aliphatic heterocycles. The zero-order chi connectivity index (χ0) is 21.8. The summed E-state index contributed by atoms with van der Waals surface area (Å²) in [7, 11) is 0. The predicted molar refractivity (Wildman–Crippen MR) is 126 cm³/mol. The Morgan fingerprint density at radius 2 is 2.00 bits per heavy atom. The van der Waals surface area contributed by atoms with Gasteiger partial charge >= 0.3 is 0 Å². The normalized spacial score (nSPS) is 10.9. The highest BCUT2D eigenvalue weighted by Gasteiger charge is 2.22. The van der Waals surface area contributed by atoms with Crippen molar-refractivity contribution in [3.63, 3.8) is 0 Å². The fraction of sp³-hybridized carbons (Fsp3) is 0.174. The van der Waals surface area contributed by atoms with Crippen LogP contribution in [0.2, 0.25) is 10.0 Å². The van der Waals surface area contributed by atoms with E-state index < -0.39 is 0 Å². The molecular weight excluding hydrogens is 453 g/mol. The van der Waals surface area contributed by atoms with Gasteiger partial charge in [-0.2, -0.15) is 0 Å². The van der Waals surface area contributed by atoms with Crippen molar-refractivity contribution in [3.05, 3.63) is 82.1 Å². The van der Waals surface area contributed by atoms with Crippen LogP contribution in [0.5, 0.6) is 5.75 Å². The van der Waals surface area contributed by atoms with Crippen LogP contribution in [0.1, 0.15) is 18.2 Å². The Hall–Kier alpha value is -2.67. The molecule has 2 aromatic heterocycles. The second-order valence-corrected chi connectivity index (χ2v) is 8.67. The maximum absolute atomic E-state index is 13.2. The summed E-state index contributed by atoms with van der Waals surface area (Å²) in [5, 5.41) is 1.45. The van der Waals surface area contributed by atoms with Gasteiger partial charge in [0.05, 0.1) is 27.5 Å². The maximum atomic E-state index is 13.2. The van der Waals surface area contributed by atoms with Crippen LogP contribution in [-0.2, 0) is 17.8 Å². The lowest BCUT2D eigenvalue weighted by atomic mass is 10.2. The fourth-order valence-corrected chi connectivity index (χ4v) is 4.53. The van der Waals surface area contributed by atoms with E-state index in [-0.39, 0.29) is 19.1 Å². The highest BCUT2D eigenvalue weighted by molar-refractivity contribution is 7.22. The molecule has 8 heteroatoms. The van der Waals surface area contributed by atoms with Crippen LogP contribution < -0.4 is 9.64 Å². The van der Waals surface area contributed by atoms with Gasteiger partial charge in [-0.3, -0.25) is 14.7 Å². The molecule has 0 spiro atoms. The number of ether oxygens (including phenoxy) is 1. The molecule has 0 unspecified atom stereocenters. The SMILES string of the molecule is CCc1ccc2nc(N(Cc3ccccn3)C(=O)COc3ccc(Cl)cc3Cl)sc2c1. The van der Waals surface area contributed by atoms with Crippen molar-refractivity contribution in [1.82, 2.24) is 9.97 Å². The minimum absolute atomic E-state index is 0.190. The number of pyridine rings is 1. The number of carbonyl (C=O) groups excluding carboxylic acids is 1. The van der Waals surface area contributed by atoms with Crippen molar-refractivity contribution in [2.75, 3.05) is 11.5 Å². The van der Waals surface area contributed by atoms with E-state index in [4.69, 9.17) is 27.9 Å². The molecule has 4 rings (SSSR count). The third kappa shape index (κ3) is 5.15. The molecule has 2 aromatic carbocycles. The Bertz CT molecular complexity index is 1210. The van der Waals surface area contributed by atoms with Crippen molar-refractivity contribution < 1.29 is 9.53 Å². The Balaban J connectivity index is 1.61. The molecule has 158 valence electrons. The van der Waals surface area contributed by atoms with Crippen LogP contribution in [0.25, 0.3) is 10.2 Å². The van der Waals surface area contributed by atoms with Gasteiger partial charge in [-0.25, -0.2) is 4.98 Å². The number of hydrogen-bond acceptors (Lipinski definition) is 5. The number of hydrogen-bond donors (Lipinski definition) is 0. The van der Waals surface area contributed by atoms with E-state index in [9.17, 15) is 4.79 Å². The van der Waals surface area contributed by atoms with E-state index in [1.807, 2.05) is 24.3 Å². The molecule has 4 aromatic rings. The minimum Gasteiger partial charge on any atom is -0.482 e. The summed E-state index contributed by atoms with van der Waals surface area (Å²) < 4.78 is 6.72. The predicted octanol–water partition coefficient (Wildman–Crippen LogP) is 6.17. The van der Waals surface area contributed by atoms with Gasteiger partial charge in [0.2, 0.25) is 0 Å². The average molecular weight is 472 g/mol. The first-order chi connectivity index (χ1) is 15.0. The van der Waals surface area contributed by atoms with Crippen molar-refractivity contribution >= 4 is 55.8 Å². The Morgan fingerprint density at radius 1 is 1.13 bits per heavy atom. The number of rotatable bonds is 7. The molecule has 0 bridgehead atoms. The molecular formula is C23H19Cl2N3O2S. The van der Waals surface area contributed by atoms with Gasteiger partial charge in [-0.05, 0) is 54.4 Å². The first kappa shape index (κ1) is 21.6. The summed E-state index contributed by atoms with van der Waals surface area (Å²) in [5.41, 5.74) is 2.84. The van der Waals surface area contributed by atoms with E-state index >= 15 is 0 Å². The number of aromatic nitrogens is 2. The van der Waals surface area contributed by atoms with Gasteiger partial charge in [-0.1, -0.05) is 53.6 Å². The molecule has 0 saturated heterocycles. The molecule has 2 heterocycles. The molecule has 5 nitrogen and oxygen atoms in total.